The van der Waals surface area contributed by atoms with Gasteiger partial charge in [0.1, 0.15) is 29.9 Å². The number of aliphatic hydroxyl groups is 3. The van der Waals surface area contributed by atoms with Crippen molar-refractivity contribution < 1.29 is 152 Å². The molecule has 3 N–H and O–H groups in total. The maximum absolute atomic E-state index is 10.0. The minimum atomic E-state index is -1.28. The largest absolute Gasteiger partial charge is 0.394 e. The number of hydrogen-bond acceptors (Lipinski definition) is 8. The molecule has 0 amide bonds. The summed E-state index contributed by atoms with van der Waals surface area (Å²) in [6.07, 6.45) is -3.13. The third-order valence-electron chi connectivity index (χ3n) is 3.27. The second-order valence-corrected chi connectivity index (χ2v) is 4.86. The van der Waals surface area contributed by atoms with Gasteiger partial charge in [-0.1, -0.05) is 11.6 Å². The van der Waals surface area contributed by atoms with Crippen molar-refractivity contribution in [3.8, 4) is 6.07 Å². The Morgan fingerprint density at radius 1 is 1.25 bits per heavy atom. The van der Waals surface area contributed by atoms with Crippen LogP contribution in [-0.2, 0) is 4.74 Å². The average Bonchev–Trinajstić information content (AvgIpc) is 3.02. The molecule has 2 aromatic rings. The van der Waals surface area contributed by atoms with Gasteiger partial charge in [0.15, 0.2) is 17.0 Å². The Labute approximate surface area is 249 Å². The number of fused-ring (bicyclic) bond motifs is 1. The molecule has 24 heavy (non-hydrogen) atoms. The predicted octanol–water partition coefficient (Wildman–Crippen LogP) is -1.04. The van der Waals surface area contributed by atoms with Crippen LogP contribution in [0.25, 0.3) is 11.2 Å². The van der Waals surface area contributed by atoms with Crippen LogP contribution < -0.4 is 0 Å². The molecule has 0 aromatic carbocycles. The molecule has 1 aliphatic rings. The summed E-state index contributed by atoms with van der Waals surface area (Å²) in [7, 11) is 0. The van der Waals surface area contributed by atoms with Gasteiger partial charge in [-0.15, -0.1) is 0 Å². The Morgan fingerprint density at radius 2 is 1.92 bits per heavy atom. The number of halogens is 1. The fourth-order valence-corrected chi connectivity index (χ4v) is 2.44. The molecule has 3 unspecified atom stereocenters. The van der Waals surface area contributed by atoms with Gasteiger partial charge in [0, 0.05) is 132 Å². The fourth-order valence-electron chi connectivity index (χ4n) is 2.23. The molecule has 0 spiro atoms. The van der Waals surface area contributed by atoms with Crippen LogP contribution in [-0.4, -0.2) is 59.8 Å². The number of rotatable bonds is 2. The number of aromatic nitrogens is 4. The first-order chi connectivity index (χ1) is 10.1. The molecule has 4 atom stereocenters. The standard InChI is InChI=1S/C11H10ClN5O4.3Ac/c12-9-6-10(16-5(1-13)15-9)17(3-14-6)11-8(20)7(19)4(2-18)21-11;;;/h3-4,7-8,11,18-20H,2H2;;;/t4-,7?,8?,11?;;;/m1.../s1. The SMILES string of the molecule is N#Cc1nc(Cl)c2ncn(C3O[C@H](CO)C(O)C3O)c2n1.[Ac].[Ac].[Ac]. The first kappa shape index (κ1) is 26.5. The summed E-state index contributed by atoms with van der Waals surface area (Å²) >= 11 is 5.91. The van der Waals surface area contributed by atoms with E-state index in [1.807, 2.05) is 0 Å². The summed E-state index contributed by atoms with van der Waals surface area (Å²) in [4.78, 5) is 11.7. The molecule has 2 aromatic heterocycles. The van der Waals surface area contributed by atoms with Gasteiger partial charge in [-0.3, -0.25) is 4.57 Å². The van der Waals surface area contributed by atoms with Gasteiger partial charge < -0.3 is 20.1 Å². The average molecular weight is 993 g/mol. The summed E-state index contributed by atoms with van der Waals surface area (Å²) in [5.41, 5.74) is 0.440. The van der Waals surface area contributed by atoms with Gasteiger partial charge in [-0.25, -0.2) is 9.97 Å². The molecule has 1 saturated heterocycles. The molecular weight excluding hydrogens is 983 g/mol. The van der Waals surface area contributed by atoms with E-state index in [2.05, 4.69) is 15.0 Å². The number of hydrogen-bond donors (Lipinski definition) is 3. The van der Waals surface area contributed by atoms with Crippen molar-refractivity contribution in [2.75, 3.05) is 6.61 Å². The maximum Gasteiger partial charge on any atom is 0.235 e. The molecule has 9 nitrogen and oxygen atoms in total. The Bertz CT molecular complexity index is 742. The zero-order chi connectivity index (χ0) is 15.1. The maximum atomic E-state index is 10.0. The van der Waals surface area contributed by atoms with E-state index in [0.717, 1.165) is 0 Å². The topological polar surface area (TPSA) is 137 Å². The molecule has 1 fully saturated rings. The van der Waals surface area contributed by atoms with Crippen molar-refractivity contribution in [3.05, 3.63) is 17.3 Å². The molecule has 0 aliphatic carbocycles. The van der Waals surface area contributed by atoms with E-state index in [-0.39, 0.29) is 154 Å². The van der Waals surface area contributed by atoms with Crippen molar-refractivity contribution >= 4 is 22.8 Å². The van der Waals surface area contributed by atoms with Crippen LogP contribution in [0.5, 0.6) is 0 Å². The van der Waals surface area contributed by atoms with E-state index >= 15 is 0 Å². The Balaban J connectivity index is 0.00000176. The minimum Gasteiger partial charge on any atom is -0.394 e. The van der Waals surface area contributed by atoms with E-state index in [0.29, 0.717) is 0 Å². The van der Waals surface area contributed by atoms with Crippen LogP contribution in [0, 0.1) is 144 Å². The molecule has 1 aliphatic heterocycles. The quantitative estimate of drug-likeness (QED) is 0.326. The summed E-state index contributed by atoms with van der Waals surface area (Å²) in [6, 6.07) is 1.77. The van der Waals surface area contributed by atoms with Crippen molar-refractivity contribution in [3.63, 3.8) is 0 Å². The molecule has 13 heteroatoms. The molecule has 3 rings (SSSR count). The minimum absolute atomic E-state index is 0. The summed E-state index contributed by atoms with van der Waals surface area (Å²) < 4.78 is 6.73. The monoisotopic (exact) mass is 992 g/mol. The normalized spacial score (nSPS) is 25.3. The first-order valence-electron chi connectivity index (χ1n) is 5.99. The number of nitriles is 1. The van der Waals surface area contributed by atoms with Crippen LogP contribution in [0.1, 0.15) is 12.1 Å². The zero-order valence-corrected chi connectivity index (χ0v) is 27.2. The fraction of sp³-hybridized carbons (Fsp3) is 0.455. The number of aliphatic hydroxyl groups excluding tert-OH is 3. The van der Waals surface area contributed by atoms with Gasteiger partial charge in [0.05, 0.1) is 12.9 Å². The van der Waals surface area contributed by atoms with Gasteiger partial charge in [-0.2, -0.15) is 10.2 Å². The Hall–Kier alpha value is 2.49. The molecule has 0 bridgehead atoms. The molecule has 119 valence electrons. The van der Waals surface area contributed by atoms with Crippen LogP contribution in [0.4, 0.5) is 0 Å². The van der Waals surface area contributed by atoms with Gasteiger partial charge in [-0.05, 0) is 0 Å². The summed E-state index contributed by atoms with van der Waals surface area (Å²) in [5.74, 6) is -0.152. The predicted molar refractivity (Wildman–Crippen MR) is 68.1 cm³/mol. The third-order valence-corrected chi connectivity index (χ3v) is 3.53. The first-order valence-corrected chi connectivity index (χ1v) is 6.37. The van der Waals surface area contributed by atoms with Crippen molar-refractivity contribution in [2.24, 2.45) is 0 Å². The van der Waals surface area contributed by atoms with E-state index in [4.69, 9.17) is 26.7 Å². The van der Waals surface area contributed by atoms with E-state index in [1.54, 1.807) is 6.07 Å². The van der Waals surface area contributed by atoms with E-state index in [9.17, 15) is 10.2 Å². The molecule has 3 heterocycles. The summed E-state index contributed by atoms with van der Waals surface area (Å²) in [5, 5.41) is 37.8. The second-order valence-electron chi connectivity index (χ2n) is 4.50. The van der Waals surface area contributed by atoms with Gasteiger partial charge in [0.25, 0.3) is 0 Å². The van der Waals surface area contributed by atoms with Crippen LogP contribution in [0.3, 0.4) is 0 Å². The van der Waals surface area contributed by atoms with Crippen molar-refractivity contribution in [1.29, 1.82) is 5.26 Å². The van der Waals surface area contributed by atoms with Crippen LogP contribution >= 0.6 is 11.6 Å². The molecule has 3 radical (unpaired) electrons. The Kier molecular flexibility index (Phi) is 12.7. The molecule has 0 saturated carbocycles. The number of nitrogens with zero attached hydrogens (tertiary/aromatic N) is 5. The van der Waals surface area contributed by atoms with Crippen molar-refractivity contribution in [1.82, 2.24) is 19.5 Å². The smallest absolute Gasteiger partial charge is 0.235 e. The zero-order valence-electron chi connectivity index (χ0n) is 12.2. The van der Waals surface area contributed by atoms with Crippen LogP contribution in [0.2, 0.25) is 5.15 Å². The van der Waals surface area contributed by atoms with Crippen LogP contribution in [0.15, 0.2) is 6.33 Å². The number of imidazole rings is 1. The van der Waals surface area contributed by atoms with Gasteiger partial charge >= 0.3 is 0 Å². The third kappa shape index (κ3) is 5.10. The van der Waals surface area contributed by atoms with Gasteiger partial charge in [0.2, 0.25) is 5.82 Å². The van der Waals surface area contributed by atoms with Crippen molar-refractivity contribution in [2.45, 2.75) is 24.5 Å². The molecular formula is C11H10Ac3ClN5O4. The van der Waals surface area contributed by atoms with E-state index in [1.165, 1.54) is 10.9 Å². The number of ether oxygens (including phenoxy) is 1. The van der Waals surface area contributed by atoms with E-state index < -0.39 is 31.1 Å². The Morgan fingerprint density at radius 3 is 2.46 bits per heavy atom. The second kappa shape index (κ2) is 11.5. The summed E-state index contributed by atoms with van der Waals surface area (Å²) in [6.45, 7) is -0.444.